The third kappa shape index (κ3) is 5.66. The second-order valence-corrected chi connectivity index (χ2v) is 12.3. The first-order valence-corrected chi connectivity index (χ1v) is 15.8. The van der Waals surface area contributed by atoms with Crippen molar-refractivity contribution < 1.29 is 22.5 Å². The summed E-state index contributed by atoms with van der Waals surface area (Å²) >= 11 is 0.0742. The van der Waals surface area contributed by atoms with Crippen LogP contribution in [0.4, 0.5) is 20.4 Å². The number of fused-ring (bicyclic) bond motifs is 3. The van der Waals surface area contributed by atoms with Gasteiger partial charge in [0.25, 0.3) is 0 Å². The average molecular weight is 619 g/mol. The number of nitrogen functional groups attached to an aromatic ring is 1. The molecular weight excluding hydrogens is 590 g/mol. The fourth-order valence-corrected chi connectivity index (χ4v) is 6.36. The van der Waals surface area contributed by atoms with Crippen LogP contribution in [0.25, 0.3) is 27.6 Å². The van der Waals surface area contributed by atoms with E-state index in [1.807, 2.05) is 4.90 Å². The Hall–Kier alpha value is -3.73. The quantitative estimate of drug-likeness (QED) is 0.183. The first-order valence-electron chi connectivity index (χ1n) is 13.3. The molecule has 222 valence electrons. The summed E-state index contributed by atoms with van der Waals surface area (Å²) in [7, 11) is 0. The van der Waals surface area contributed by atoms with Crippen molar-refractivity contribution in [2.45, 2.75) is 13.0 Å². The van der Waals surface area contributed by atoms with E-state index in [1.54, 1.807) is 23.0 Å². The number of nitrogens with zero attached hydrogens (tertiary/aromatic N) is 7. The number of hydrogen-bond donors (Lipinski definition) is 1. The molecule has 4 aromatic heterocycles. The van der Waals surface area contributed by atoms with Gasteiger partial charge in [0.2, 0.25) is 11.8 Å². The van der Waals surface area contributed by atoms with Crippen LogP contribution in [-0.2, 0) is 17.7 Å². The van der Waals surface area contributed by atoms with Gasteiger partial charge in [-0.2, -0.15) is 9.50 Å². The highest BCUT2D eigenvalue weighted by Crippen LogP contribution is 2.30. The van der Waals surface area contributed by atoms with E-state index in [2.05, 4.69) is 20.0 Å². The Morgan fingerprint density at radius 2 is 1.95 bits per heavy atom. The monoisotopic (exact) mass is 618 g/mol. The fraction of sp³-hybridized carbons (Fsp3) is 0.385. The zero-order chi connectivity index (χ0) is 29.4. The Kier molecular flexibility index (Phi) is 8.02. The highest BCUT2D eigenvalue weighted by molar-refractivity contribution is 7.90. The van der Waals surface area contributed by atoms with Gasteiger partial charge in [-0.05, 0) is 12.1 Å². The van der Waals surface area contributed by atoms with E-state index in [0.29, 0.717) is 79.0 Å². The van der Waals surface area contributed by atoms with Gasteiger partial charge < -0.3 is 24.3 Å². The minimum Gasteiger partial charge on any atom is -0.617 e. The highest BCUT2D eigenvalue weighted by atomic mass is 32.2. The van der Waals surface area contributed by atoms with Gasteiger partial charge in [0.15, 0.2) is 28.6 Å². The number of rotatable bonds is 10. The molecule has 1 atom stereocenters. The number of thiazole rings is 1. The van der Waals surface area contributed by atoms with Gasteiger partial charge in [0.1, 0.15) is 16.3 Å². The molecule has 1 aromatic carbocycles. The Labute approximate surface area is 245 Å². The van der Waals surface area contributed by atoms with Crippen molar-refractivity contribution in [1.82, 2.24) is 29.0 Å². The molecule has 0 amide bonds. The summed E-state index contributed by atoms with van der Waals surface area (Å²) in [4.78, 5) is 25.8. The van der Waals surface area contributed by atoms with Crippen molar-refractivity contribution in [1.29, 1.82) is 0 Å². The van der Waals surface area contributed by atoms with E-state index in [9.17, 15) is 18.1 Å². The molecular formula is C26H28F2N8O4S2. The maximum absolute atomic E-state index is 14.7. The standard InChI is InChI=1S/C26H28F2N8O4S2/c1-42(38)13-3-12-40-20-15-18(16(27)14-17(20)28)34-8-5-33(6-9-34)7-10-35-23-21(41-26(35)37)24-30-22(19-4-2-11-39-19)32-36(24)25(29)31-23/h2,4,11,14-15H,3,5-10,12-13H2,1H3,(H2,29,31). The minimum absolute atomic E-state index is 0.0238. The zero-order valence-electron chi connectivity index (χ0n) is 22.7. The smallest absolute Gasteiger partial charge is 0.309 e. The van der Waals surface area contributed by atoms with Gasteiger partial charge in [0, 0.05) is 57.8 Å². The zero-order valence-corrected chi connectivity index (χ0v) is 24.3. The molecule has 0 radical (unpaired) electrons. The summed E-state index contributed by atoms with van der Waals surface area (Å²) in [5, 5.41) is 4.38. The molecule has 1 aliphatic rings. The van der Waals surface area contributed by atoms with Crippen LogP contribution in [0.2, 0.25) is 0 Å². The summed E-state index contributed by atoms with van der Waals surface area (Å²) in [5.74, 6) is -0.0682. The van der Waals surface area contributed by atoms with E-state index >= 15 is 0 Å². The molecule has 5 aromatic rings. The van der Waals surface area contributed by atoms with E-state index in [0.717, 1.165) is 17.4 Å². The summed E-state index contributed by atoms with van der Waals surface area (Å²) in [6.07, 6.45) is 3.63. The van der Waals surface area contributed by atoms with E-state index in [-0.39, 0.29) is 28.9 Å². The van der Waals surface area contributed by atoms with Crippen LogP contribution in [0, 0.1) is 11.6 Å². The molecule has 1 unspecified atom stereocenters. The predicted molar refractivity (Wildman–Crippen MR) is 157 cm³/mol. The van der Waals surface area contributed by atoms with Crippen LogP contribution in [-0.4, -0.2) is 84.9 Å². The number of ether oxygens (including phenoxy) is 1. The Bertz CT molecular complexity index is 1760. The van der Waals surface area contributed by atoms with Gasteiger partial charge in [-0.15, -0.1) is 5.10 Å². The second kappa shape index (κ2) is 11.9. The lowest BCUT2D eigenvalue weighted by Gasteiger charge is -2.36. The lowest BCUT2D eigenvalue weighted by molar-refractivity contribution is 0.247. The topological polar surface area (TPSA) is 143 Å². The first kappa shape index (κ1) is 28.4. The number of piperazine rings is 1. The van der Waals surface area contributed by atoms with Gasteiger partial charge in [-0.1, -0.05) is 22.5 Å². The maximum Gasteiger partial charge on any atom is 0.309 e. The third-order valence-electron chi connectivity index (χ3n) is 7.05. The number of furan rings is 1. The lowest BCUT2D eigenvalue weighted by Crippen LogP contribution is -2.47. The number of benzene rings is 1. The molecule has 1 fully saturated rings. The Morgan fingerprint density at radius 1 is 1.14 bits per heavy atom. The van der Waals surface area contributed by atoms with E-state index < -0.39 is 22.8 Å². The molecule has 0 saturated carbocycles. The van der Waals surface area contributed by atoms with Crippen LogP contribution in [0.15, 0.2) is 39.7 Å². The van der Waals surface area contributed by atoms with E-state index in [4.69, 9.17) is 14.9 Å². The SMILES string of the molecule is C[S+]([O-])CCCOc1cc(N2CCN(CCn3c(=O)sc4c3nc(N)n3nc(-c5ccco5)nc43)CC2)c(F)cc1F. The molecule has 2 N–H and O–H groups in total. The molecule has 42 heavy (non-hydrogen) atoms. The molecule has 0 bridgehead atoms. The summed E-state index contributed by atoms with van der Waals surface area (Å²) < 4.78 is 54.7. The Balaban J connectivity index is 1.12. The number of nitrogens with two attached hydrogens (primary N) is 1. The van der Waals surface area contributed by atoms with Crippen LogP contribution in [0.5, 0.6) is 5.75 Å². The van der Waals surface area contributed by atoms with Crippen molar-refractivity contribution in [2.24, 2.45) is 0 Å². The maximum atomic E-state index is 14.7. The average Bonchev–Trinajstić information content (AvgIpc) is 3.71. The molecule has 1 aliphatic heterocycles. The number of halogens is 2. The normalized spacial score (nSPS) is 15.2. The van der Waals surface area contributed by atoms with E-state index in [1.165, 1.54) is 16.8 Å². The number of anilines is 2. The third-order valence-corrected chi connectivity index (χ3v) is 8.87. The van der Waals surface area contributed by atoms with Crippen molar-refractivity contribution in [3.05, 3.63) is 51.8 Å². The summed E-state index contributed by atoms with van der Waals surface area (Å²) in [6, 6.07) is 5.69. The van der Waals surface area contributed by atoms with Gasteiger partial charge in [-0.25, -0.2) is 13.8 Å². The van der Waals surface area contributed by atoms with Gasteiger partial charge in [-0.3, -0.25) is 14.3 Å². The van der Waals surface area contributed by atoms with Crippen molar-refractivity contribution in [2.75, 3.05) is 62.0 Å². The van der Waals surface area contributed by atoms with Gasteiger partial charge in [0.05, 0.1) is 24.8 Å². The largest absolute Gasteiger partial charge is 0.617 e. The highest BCUT2D eigenvalue weighted by Gasteiger charge is 2.24. The summed E-state index contributed by atoms with van der Waals surface area (Å²) in [5.41, 5.74) is 7.32. The molecule has 16 heteroatoms. The second-order valence-electron chi connectivity index (χ2n) is 9.83. The van der Waals surface area contributed by atoms with Crippen molar-refractivity contribution in [3.63, 3.8) is 0 Å². The number of aromatic nitrogens is 5. The van der Waals surface area contributed by atoms with Crippen molar-refractivity contribution in [3.8, 4) is 17.3 Å². The minimum atomic E-state index is -0.959. The van der Waals surface area contributed by atoms with Crippen molar-refractivity contribution >= 4 is 50.1 Å². The van der Waals surface area contributed by atoms with Crippen LogP contribution < -0.4 is 20.2 Å². The van der Waals surface area contributed by atoms with Crippen LogP contribution in [0.3, 0.4) is 0 Å². The first-order chi connectivity index (χ1) is 20.3. The molecule has 12 nitrogen and oxygen atoms in total. The molecule has 6 rings (SSSR count). The summed E-state index contributed by atoms with van der Waals surface area (Å²) in [6.45, 7) is 3.39. The van der Waals surface area contributed by atoms with Gasteiger partial charge >= 0.3 is 4.87 Å². The Morgan fingerprint density at radius 3 is 2.69 bits per heavy atom. The molecule has 1 saturated heterocycles. The van der Waals surface area contributed by atoms with Crippen LogP contribution >= 0.6 is 11.3 Å². The fourth-order valence-electron chi connectivity index (χ4n) is 4.91. The van der Waals surface area contributed by atoms with Crippen LogP contribution in [0.1, 0.15) is 6.42 Å². The molecule has 5 heterocycles. The molecule has 0 spiro atoms. The lowest BCUT2D eigenvalue weighted by atomic mass is 10.2. The number of hydrogen-bond acceptors (Lipinski definition) is 11. The molecule has 0 aliphatic carbocycles. The predicted octanol–water partition coefficient (Wildman–Crippen LogP) is 2.59.